The van der Waals surface area contributed by atoms with Crippen LogP contribution in [0.4, 0.5) is 4.39 Å². The first-order valence-electron chi connectivity index (χ1n) is 5.29. The van der Waals surface area contributed by atoms with Gasteiger partial charge in [-0.15, -0.1) is 0 Å². The number of hydrogen-bond acceptors (Lipinski definition) is 3. The summed E-state index contributed by atoms with van der Waals surface area (Å²) in [5, 5.41) is 0. The SMILES string of the molecule is Cn1ccnc1COc1c(F)cccc1CN. The number of aryl methyl sites for hydroxylation is 1. The third kappa shape index (κ3) is 2.45. The summed E-state index contributed by atoms with van der Waals surface area (Å²) in [5.74, 6) is 0.538. The van der Waals surface area contributed by atoms with Crippen LogP contribution in [0.15, 0.2) is 30.6 Å². The maximum Gasteiger partial charge on any atom is 0.165 e. The predicted octanol–water partition coefficient (Wildman–Crippen LogP) is 1.60. The zero-order valence-electron chi connectivity index (χ0n) is 9.56. The van der Waals surface area contributed by atoms with E-state index < -0.39 is 5.82 Å². The largest absolute Gasteiger partial charge is 0.482 e. The van der Waals surface area contributed by atoms with Crippen LogP contribution in [0.25, 0.3) is 0 Å². The van der Waals surface area contributed by atoms with Crippen LogP contribution < -0.4 is 10.5 Å². The highest BCUT2D eigenvalue weighted by Gasteiger charge is 2.09. The molecule has 90 valence electrons. The van der Waals surface area contributed by atoms with Crippen molar-refractivity contribution in [2.75, 3.05) is 0 Å². The van der Waals surface area contributed by atoms with Gasteiger partial charge in [0.1, 0.15) is 12.4 Å². The van der Waals surface area contributed by atoms with E-state index in [1.54, 1.807) is 18.3 Å². The van der Waals surface area contributed by atoms with E-state index in [4.69, 9.17) is 10.5 Å². The number of rotatable bonds is 4. The number of aromatic nitrogens is 2. The summed E-state index contributed by atoms with van der Waals surface area (Å²) in [6.45, 7) is 0.463. The topological polar surface area (TPSA) is 53.1 Å². The average Bonchev–Trinajstić information content (AvgIpc) is 2.73. The number of nitrogens with zero attached hydrogens (tertiary/aromatic N) is 2. The molecule has 5 heteroatoms. The summed E-state index contributed by atoms with van der Waals surface area (Å²) in [6, 6.07) is 4.72. The summed E-state index contributed by atoms with van der Waals surface area (Å²) < 4.78 is 20.8. The minimum Gasteiger partial charge on any atom is -0.482 e. The fourth-order valence-corrected chi connectivity index (χ4v) is 1.55. The van der Waals surface area contributed by atoms with Crippen molar-refractivity contribution >= 4 is 0 Å². The number of benzene rings is 1. The highest BCUT2D eigenvalue weighted by molar-refractivity contribution is 5.34. The summed E-state index contributed by atoms with van der Waals surface area (Å²) in [7, 11) is 1.86. The van der Waals surface area contributed by atoms with Gasteiger partial charge in [-0.25, -0.2) is 9.37 Å². The van der Waals surface area contributed by atoms with Crippen LogP contribution in [0.1, 0.15) is 11.4 Å². The molecule has 0 amide bonds. The summed E-state index contributed by atoms with van der Waals surface area (Å²) >= 11 is 0. The van der Waals surface area contributed by atoms with Gasteiger partial charge in [-0.05, 0) is 6.07 Å². The predicted molar refractivity (Wildman–Crippen MR) is 61.8 cm³/mol. The zero-order chi connectivity index (χ0) is 12.3. The Morgan fingerprint density at radius 2 is 2.29 bits per heavy atom. The highest BCUT2D eigenvalue weighted by atomic mass is 19.1. The molecule has 0 spiro atoms. The molecule has 1 aromatic heterocycles. The number of imidazole rings is 1. The van der Waals surface area contributed by atoms with Crippen LogP contribution in [-0.4, -0.2) is 9.55 Å². The number of nitrogens with two attached hydrogens (primary N) is 1. The molecule has 17 heavy (non-hydrogen) atoms. The highest BCUT2D eigenvalue weighted by Crippen LogP contribution is 2.23. The minimum atomic E-state index is -0.401. The Balaban J connectivity index is 2.16. The molecule has 2 rings (SSSR count). The Kier molecular flexibility index (Phi) is 3.39. The molecule has 0 aliphatic rings. The van der Waals surface area contributed by atoms with Crippen molar-refractivity contribution in [2.45, 2.75) is 13.2 Å². The number of ether oxygens (including phenoxy) is 1. The van der Waals surface area contributed by atoms with Crippen molar-refractivity contribution in [3.8, 4) is 5.75 Å². The van der Waals surface area contributed by atoms with Crippen LogP contribution in [0.3, 0.4) is 0 Å². The molecule has 0 bridgehead atoms. The molecule has 0 unspecified atom stereocenters. The van der Waals surface area contributed by atoms with Crippen LogP contribution in [0, 0.1) is 5.82 Å². The summed E-state index contributed by atoms with van der Waals surface area (Å²) in [4.78, 5) is 4.10. The molecular weight excluding hydrogens is 221 g/mol. The second-order valence-corrected chi connectivity index (χ2v) is 3.68. The third-order valence-electron chi connectivity index (χ3n) is 2.54. The summed E-state index contributed by atoms with van der Waals surface area (Å²) in [5.41, 5.74) is 6.18. The fraction of sp³-hybridized carbons (Fsp3) is 0.250. The molecule has 0 saturated heterocycles. The Labute approximate surface area is 98.8 Å². The zero-order valence-corrected chi connectivity index (χ0v) is 9.56. The van der Waals surface area contributed by atoms with Crippen molar-refractivity contribution in [3.05, 3.63) is 47.8 Å². The van der Waals surface area contributed by atoms with E-state index in [9.17, 15) is 4.39 Å². The van der Waals surface area contributed by atoms with E-state index in [0.29, 0.717) is 5.56 Å². The van der Waals surface area contributed by atoms with Crippen LogP contribution in [0.5, 0.6) is 5.75 Å². The third-order valence-corrected chi connectivity index (χ3v) is 2.54. The van der Waals surface area contributed by atoms with Crippen molar-refractivity contribution in [1.82, 2.24) is 9.55 Å². The Morgan fingerprint density at radius 3 is 2.94 bits per heavy atom. The lowest BCUT2D eigenvalue weighted by Crippen LogP contribution is -2.07. The van der Waals surface area contributed by atoms with Gasteiger partial charge >= 0.3 is 0 Å². The molecule has 0 radical (unpaired) electrons. The Bertz CT molecular complexity index is 510. The van der Waals surface area contributed by atoms with Gasteiger partial charge in [0.05, 0.1) is 0 Å². The van der Waals surface area contributed by atoms with Gasteiger partial charge in [-0.2, -0.15) is 0 Å². The molecule has 2 aromatic rings. The van der Waals surface area contributed by atoms with Crippen LogP contribution in [0.2, 0.25) is 0 Å². The molecule has 0 atom stereocenters. The molecule has 0 aliphatic heterocycles. The summed E-state index contributed by atoms with van der Waals surface area (Å²) in [6.07, 6.45) is 3.48. The molecule has 1 aromatic carbocycles. The monoisotopic (exact) mass is 235 g/mol. The second-order valence-electron chi connectivity index (χ2n) is 3.68. The first-order chi connectivity index (χ1) is 8.22. The van der Waals surface area contributed by atoms with Crippen molar-refractivity contribution in [2.24, 2.45) is 12.8 Å². The second kappa shape index (κ2) is 4.97. The van der Waals surface area contributed by atoms with Crippen molar-refractivity contribution in [1.29, 1.82) is 0 Å². The molecule has 0 fully saturated rings. The van der Waals surface area contributed by atoms with E-state index in [-0.39, 0.29) is 18.9 Å². The van der Waals surface area contributed by atoms with Gasteiger partial charge in [0, 0.05) is 31.5 Å². The number of halogens is 1. The molecular formula is C12H14FN3O. The smallest absolute Gasteiger partial charge is 0.165 e. The van der Waals surface area contributed by atoms with E-state index in [2.05, 4.69) is 4.98 Å². The van der Waals surface area contributed by atoms with Gasteiger partial charge < -0.3 is 15.0 Å². The molecule has 1 heterocycles. The Morgan fingerprint density at radius 1 is 1.47 bits per heavy atom. The first kappa shape index (κ1) is 11.6. The maximum atomic E-state index is 13.6. The fourth-order valence-electron chi connectivity index (χ4n) is 1.55. The van der Waals surface area contributed by atoms with Gasteiger partial charge in [-0.3, -0.25) is 0 Å². The van der Waals surface area contributed by atoms with Crippen molar-refractivity contribution in [3.63, 3.8) is 0 Å². The molecule has 2 N–H and O–H groups in total. The number of para-hydroxylation sites is 1. The average molecular weight is 235 g/mol. The van der Waals surface area contributed by atoms with Gasteiger partial charge in [-0.1, -0.05) is 12.1 Å². The normalized spacial score (nSPS) is 10.5. The van der Waals surface area contributed by atoms with E-state index in [1.807, 2.05) is 17.8 Å². The van der Waals surface area contributed by atoms with E-state index in [1.165, 1.54) is 6.07 Å². The lowest BCUT2D eigenvalue weighted by molar-refractivity contribution is 0.274. The Hall–Kier alpha value is -1.88. The quantitative estimate of drug-likeness (QED) is 0.875. The van der Waals surface area contributed by atoms with Crippen molar-refractivity contribution < 1.29 is 9.13 Å². The van der Waals surface area contributed by atoms with Gasteiger partial charge in [0.2, 0.25) is 0 Å². The molecule has 0 aliphatic carbocycles. The van der Waals surface area contributed by atoms with Crippen LogP contribution in [-0.2, 0) is 20.2 Å². The first-order valence-corrected chi connectivity index (χ1v) is 5.29. The van der Waals surface area contributed by atoms with E-state index in [0.717, 1.165) is 5.82 Å². The molecule has 4 nitrogen and oxygen atoms in total. The lowest BCUT2D eigenvalue weighted by Gasteiger charge is -2.11. The van der Waals surface area contributed by atoms with Gasteiger partial charge in [0.25, 0.3) is 0 Å². The number of hydrogen-bond donors (Lipinski definition) is 1. The molecule has 0 saturated carbocycles. The van der Waals surface area contributed by atoms with E-state index >= 15 is 0 Å². The maximum absolute atomic E-state index is 13.6. The minimum absolute atomic E-state index is 0.206. The van der Waals surface area contributed by atoms with Crippen LogP contribution >= 0.6 is 0 Å². The lowest BCUT2D eigenvalue weighted by atomic mass is 10.2. The van der Waals surface area contributed by atoms with Gasteiger partial charge in [0.15, 0.2) is 11.6 Å². The standard InChI is InChI=1S/C12H14FN3O/c1-16-6-5-15-11(16)8-17-12-9(7-14)3-2-4-10(12)13/h2-6H,7-8,14H2,1H3.